The van der Waals surface area contributed by atoms with Crippen LogP contribution in [0.5, 0.6) is 0 Å². The van der Waals surface area contributed by atoms with Gasteiger partial charge in [0.05, 0.1) is 16.2 Å². The molecule has 0 aliphatic rings. The Labute approximate surface area is 216 Å². The van der Waals surface area contributed by atoms with Crippen LogP contribution in [0.15, 0.2) is 82.5 Å². The summed E-state index contributed by atoms with van der Waals surface area (Å²) in [7, 11) is -3.64. The molecule has 0 atom stereocenters. The van der Waals surface area contributed by atoms with Crippen molar-refractivity contribution in [2.24, 2.45) is 5.73 Å². The minimum Gasteiger partial charge on any atom is -0.369 e. The predicted molar refractivity (Wildman–Crippen MR) is 134 cm³/mol. The first-order chi connectivity index (χ1) is 17.8. The van der Waals surface area contributed by atoms with Crippen LogP contribution in [0, 0.1) is 6.92 Å². The van der Waals surface area contributed by atoms with E-state index in [1.807, 2.05) is 0 Å². The summed E-state index contributed by atoms with van der Waals surface area (Å²) in [6.07, 6.45) is -1.96. The predicted octanol–water partition coefficient (Wildman–Crippen LogP) is 3.30. The largest absolute Gasteiger partial charge is 0.416 e. The molecule has 0 aliphatic carbocycles. The fraction of sp³-hybridized carbons (Fsp3) is 0.192. The number of nitrogens with zero attached hydrogens (tertiary/aromatic N) is 1. The van der Waals surface area contributed by atoms with Crippen LogP contribution < -0.4 is 16.6 Å². The van der Waals surface area contributed by atoms with Gasteiger partial charge >= 0.3 is 6.18 Å². The molecule has 200 valence electrons. The summed E-state index contributed by atoms with van der Waals surface area (Å²) in [4.78, 5) is 36.5. The summed E-state index contributed by atoms with van der Waals surface area (Å²) < 4.78 is 65.2. The zero-order valence-electron chi connectivity index (χ0n) is 20.2. The first-order valence-corrected chi connectivity index (χ1v) is 12.9. The third-order valence-corrected chi connectivity index (χ3v) is 7.11. The number of pyridine rings is 1. The van der Waals surface area contributed by atoms with E-state index in [2.05, 4.69) is 5.32 Å². The highest BCUT2D eigenvalue weighted by Gasteiger charge is 2.30. The SMILES string of the molecule is Cc1ccc(C(=O)NCc2ccc(S(=O)(=O)CC=CCC(N)=O)cc2)c(=O)n1-c1cccc(C(F)(F)F)c1. The van der Waals surface area contributed by atoms with E-state index in [1.54, 1.807) is 0 Å². The average Bonchev–Trinajstić information content (AvgIpc) is 2.85. The minimum atomic E-state index is -4.60. The maximum absolute atomic E-state index is 13.1. The van der Waals surface area contributed by atoms with Crippen molar-refractivity contribution in [3.63, 3.8) is 0 Å². The lowest BCUT2D eigenvalue weighted by Crippen LogP contribution is -2.33. The Morgan fingerprint density at radius 3 is 2.34 bits per heavy atom. The first-order valence-electron chi connectivity index (χ1n) is 11.2. The molecule has 0 saturated carbocycles. The van der Waals surface area contributed by atoms with E-state index in [0.717, 1.165) is 16.7 Å². The number of alkyl halides is 3. The fourth-order valence-corrected chi connectivity index (χ4v) is 4.66. The van der Waals surface area contributed by atoms with Gasteiger partial charge in [0, 0.05) is 24.3 Å². The smallest absolute Gasteiger partial charge is 0.369 e. The number of hydrogen-bond acceptors (Lipinski definition) is 5. The molecule has 1 aromatic heterocycles. The molecule has 0 radical (unpaired) electrons. The summed E-state index contributed by atoms with van der Waals surface area (Å²) in [6, 6.07) is 12.7. The monoisotopic (exact) mass is 547 g/mol. The van der Waals surface area contributed by atoms with Crippen LogP contribution >= 0.6 is 0 Å². The van der Waals surface area contributed by atoms with Crippen molar-refractivity contribution >= 4 is 21.7 Å². The van der Waals surface area contributed by atoms with E-state index >= 15 is 0 Å². The normalized spacial score (nSPS) is 12.0. The van der Waals surface area contributed by atoms with Crippen LogP contribution in [0.1, 0.15) is 33.6 Å². The van der Waals surface area contributed by atoms with Crippen molar-refractivity contribution in [1.82, 2.24) is 9.88 Å². The molecule has 3 N–H and O–H groups in total. The quantitative estimate of drug-likeness (QED) is 0.398. The van der Waals surface area contributed by atoms with Gasteiger partial charge in [-0.05, 0) is 55.0 Å². The summed E-state index contributed by atoms with van der Waals surface area (Å²) in [5.74, 6) is -1.64. The number of aromatic nitrogens is 1. The number of nitrogens with one attached hydrogen (secondary N) is 1. The number of primary amides is 1. The molecule has 2 aromatic carbocycles. The molecule has 8 nitrogen and oxygen atoms in total. The van der Waals surface area contributed by atoms with E-state index in [0.29, 0.717) is 11.3 Å². The number of aryl methyl sites for hydroxylation is 1. The van der Waals surface area contributed by atoms with Gasteiger partial charge in [-0.1, -0.05) is 30.4 Å². The number of nitrogens with two attached hydrogens (primary N) is 1. The molecule has 3 aromatic rings. The summed E-state index contributed by atoms with van der Waals surface area (Å²) in [6.45, 7) is 1.50. The van der Waals surface area contributed by atoms with E-state index in [9.17, 15) is 36.0 Å². The van der Waals surface area contributed by atoms with Gasteiger partial charge in [0.25, 0.3) is 11.5 Å². The zero-order chi connectivity index (χ0) is 28.1. The van der Waals surface area contributed by atoms with Crippen LogP contribution in [0.25, 0.3) is 5.69 Å². The topological polar surface area (TPSA) is 128 Å². The van der Waals surface area contributed by atoms with Crippen molar-refractivity contribution in [1.29, 1.82) is 0 Å². The first kappa shape index (κ1) is 28.4. The van der Waals surface area contributed by atoms with E-state index < -0.39 is 39.0 Å². The number of hydrogen-bond donors (Lipinski definition) is 2. The maximum Gasteiger partial charge on any atom is 0.416 e. The Bertz CT molecular complexity index is 1540. The number of benzene rings is 2. The molecule has 0 bridgehead atoms. The van der Waals surface area contributed by atoms with Gasteiger partial charge in [0.1, 0.15) is 5.56 Å². The molecule has 0 saturated heterocycles. The second kappa shape index (κ2) is 11.5. The molecule has 2 amide bonds. The molecule has 12 heteroatoms. The van der Waals surface area contributed by atoms with Gasteiger partial charge in [0.2, 0.25) is 5.91 Å². The van der Waals surface area contributed by atoms with Crippen molar-refractivity contribution in [3.8, 4) is 5.69 Å². The van der Waals surface area contributed by atoms with Crippen LogP contribution in [-0.4, -0.2) is 30.6 Å². The lowest BCUT2D eigenvalue weighted by Gasteiger charge is -2.14. The van der Waals surface area contributed by atoms with Crippen molar-refractivity contribution < 1.29 is 31.2 Å². The van der Waals surface area contributed by atoms with Gasteiger partial charge in [-0.15, -0.1) is 0 Å². The molecule has 0 unspecified atom stereocenters. The van der Waals surface area contributed by atoms with Gasteiger partial charge in [-0.3, -0.25) is 19.0 Å². The third-order valence-electron chi connectivity index (χ3n) is 5.49. The second-order valence-electron chi connectivity index (χ2n) is 8.33. The van der Waals surface area contributed by atoms with Crippen molar-refractivity contribution in [2.75, 3.05) is 5.75 Å². The number of carbonyl (C=O) groups excluding carboxylic acids is 2. The molecular formula is C26H24F3N3O5S. The van der Waals surface area contributed by atoms with Crippen LogP contribution in [0.2, 0.25) is 0 Å². The van der Waals surface area contributed by atoms with Crippen LogP contribution in [-0.2, 0) is 27.4 Å². The number of amides is 2. The molecule has 0 aliphatic heterocycles. The summed E-state index contributed by atoms with van der Waals surface area (Å²) in [5, 5.41) is 2.56. The van der Waals surface area contributed by atoms with Crippen LogP contribution in [0.4, 0.5) is 13.2 Å². The van der Waals surface area contributed by atoms with Crippen LogP contribution in [0.3, 0.4) is 0 Å². The van der Waals surface area contributed by atoms with Crippen molar-refractivity contribution in [3.05, 3.63) is 106 Å². The third kappa shape index (κ3) is 6.97. The lowest BCUT2D eigenvalue weighted by atomic mass is 10.1. The Morgan fingerprint density at radius 2 is 1.71 bits per heavy atom. The maximum atomic E-state index is 13.1. The van der Waals surface area contributed by atoms with Crippen molar-refractivity contribution in [2.45, 2.75) is 31.0 Å². The number of sulfone groups is 1. The van der Waals surface area contributed by atoms with E-state index in [4.69, 9.17) is 5.73 Å². The highest BCUT2D eigenvalue weighted by Crippen LogP contribution is 2.30. The second-order valence-corrected chi connectivity index (χ2v) is 10.4. The molecule has 3 rings (SSSR count). The number of halogens is 3. The van der Waals surface area contributed by atoms with E-state index in [-0.39, 0.29) is 34.9 Å². The van der Waals surface area contributed by atoms with Gasteiger partial charge in [-0.2, -0.15) is 13.2 Å². The zero-order valence-corrected chi connectivity index (χ0v) is 21.0. The molecule has 0 spiro atoms. The Hall–Kier alpha value is -4.19. The Kier molecular flexibility index (Phi) is 8.56. The average molecular weight is 548 g/mol. The number of carbonyl (C=O) groups is 2. The molecule has 38 heavy (non-hydrogen) atoms. The Morgan fingerprint density at radius 1 is 1.03 bits per heavy atom. The van der Waals surface area contributed by atoms with Gasteiger partial charge in [-0.25, -0.2) is 8.42 Å². The fourth-order valence-electron chi connectivity index (χ4n) is 3.53. The standard InChI is InChI=1S/C26H24F3N3O5S/c1-17-8-13-22(25(35)32(17)20-6-4-5-19(15-20)26(27,28)29)24(34)31-16-18-9-11-21(12-10-18)38(36,37)14-3-2-7-23(30)33/h2-6,8-13,15H,7,14,16H2,1H3,(H2,30,33)(H,31,34). The minimum absolute atomic E-state index is 0.0294. The Balaban J connectivity index is 1.74. The molecule has 0 fully saturated rings. The lowest BCUT2D eigenvalue weighted by molar-refractivity contribution is -0.137. The summed E-state index contributed by atoms with van der Waals surface area (Å²) in [5.41, 5.74) is 3.88. The van der Waals surface area contributed by atoms with E-state index in [1.165, 1.54) is 67.6 Å². The molecular weight excluding hydrogens is 523 g/mol. The summed E-state index contributed by atoms with van der Waals surface area (Å²) >= 11 is 0. The molecule has 1 heterocycles. The highest BCUT2D eigenvalue weighted by molar-refractivity contribution is 7.91. The number of rotatable bonds is 9. The van der Waals surface area contributed by atoms with Gasteiger partial charge in [0.15, 0.2) is 9.84 Å². The van der Waals surface area contributed by atoms with Gasteiger partial charge < -0.3 is 11.1 Å². The highest BCUT2D eigenvalue weighted by atomic mass is 32.2.